The lowest BCUT2D eigenvalue weighted by Crippen LogP contribution is -2.28. The first-order chi connectivity index (χ1) is 9.58. The second-order valence-electron chi connectivity index (χ2n) is 4.27. The first-order valence-corrected chi connectivity index (χ1v) is 6.04. The zero-order valence-corrected chi connectivity index (χ0v) is 10.5. The van der Waals surface area contributed by atoms with Gasteiger partial charge in [-0.3, -0.25) is 4.79 Å². The maximum atomic E-state index is 13.0. The van der Waals surface area contributed by atoms with Gasteiger partial charge in [-0.15, -0.1) is 0 Å². The van der Waals surface area contributed by atoms with E-state index in [1.165, 1.54) is 6.07 Å². The Morgan fingerprint density at radius 1 is 1.10 bits per heavy atom. The molecule has 0 unspecified atom stereocenters. The fourth-order valence-corrected chi connectivity index (χ4v) is 1.72. The Labute approximate surface area is 114 Å². The van der Waals surface area contributed by atoms with E-state index in [0.717, 1.165) is 12.1 Å². The highest BCUT2D eigenvalue weighted by atomic mass is 19.2. The fraction of sp³-hybridized carbons (Fsp3) is 0.133. The number of hydrogen-bond donors (Lipinski definition) is 2. The second-order valence-corrected chi connectivity index (χ2v) is 4.27. The van der Waals surface area contributed by atoms with Crippen LogP contribution in [0.4, 0.5) is 8.78 Å². The van der Waals surface area contributed by atoms with E-state index in [1.807, 2.05) is 0 Å². The van der Waals surface area contributed by atoms with Crippen molar-refractivity contribution in [3.8, 4) is 0 Å². The molecule has 2 N–H and O–H groups in total. The number of benzene rings is 2. The molecule has 0 heterocycles. The predicted molar refractivity (Wildman–Crippen MR) is 70.1 cm³/mol. The van der Waals surface area contributed by atoms with E-state index >= 15 is 0 Å². The SMILES string of the molecule is O=C(NC[C@H](O)c1ccc(F)c(F)c1)c1ccccc1. The summed E-state index contributed by atoms with van der Waals surface area (Å²) in [6.07, 6.45) is -1.10. The van der Waals surface area contributed by atoms with Crippen molar-refractivity contribution in [1.82, 2.24) is 5.32 Å². The zero-order valence-electron chi connectivity index (χ0n) is 10.5. The smallest absolute Gasteiger partial charge is 0.251 e. The van der Waals surface area contributed by atoms with Crippen LogP contribution >= 0.6 is 0 Å². The van der Waals surface area contributed by atoms with E-state index < -0.39 is 17.7 Å². The van der Waals surface area contributed by atoms with Gasteiger partial charge in [0.05, 0.1) is 6.10 Å². The van der Waals surface area contributed by atoms with Crippen LogP contribution in [-0.4, -0.2) is 17.6 Å². The molecule has 1 atom stereocenters. The average molecular weight is 277 g/mol. The van der Waals surface area contributed by atoms with Gasteiger partial charge in [0, 0.05) is 12.1 Å². The molecule has 0 spiro atoms. The summed E-state index contributed by atoms with van der Waals surface area (Å²) in [7, 11) is 0. The highest BCUT2D eigenvalue weighted by Crippen LogP contribution is 2.15. The van der Waals surface area contributed by atoms with Crippen molar-refractivity contribution < 1.29 is 18.7 Å². The fourth-order valence-electron chi connectivity index (χ4n) is 1.72. The monoisotopic (exact) mass is 277 g/mol. The van der Waals surface area contributed by atoms with Gasteiger partial charge in [0.2, 0.25) is 0 Å². The third-order valence-electron chi connectivity index (χ3n) is 2.82. The molecule has 104 valence electrons. The molecule has 0 radical (unpaired) electrons. The number of aliphatic hydroxyl groups excluding tert-OH is 1. The van der Waals surface area contributed by atoms with Crippen LogP contribution in [0.5, 0.6) is 0 Å². The maximum absolute atomic E-state index is 13.0. The van der Waals surface area contributed by atoms with Crippen molar-refractivity contribution in [1.29, 1.82) is 0 Å². The summed E-state index contributed by atoms with van der Waals surface area (Å²) in [6.45, 7) is -0.0845. The Balaban J connectivity index is 1.96. The van der Waals surface area contributed by atoms with Crippen LogP contribution in [-0.2, 0) is 0 Å². The minimum absolute atomic E-state index is 0.0845. The molecule has 0 bridgehead atoms. The van der Waals surface area contributed by atoms with E-state index in [4.69, 9.17) is 0 Å². The second kappa shape index (κ2) is 6.25. The molecular formula is C15H13F2NO2. The van der Waals surface area contributed by atoms with Crippen molar-refractivity contribution in [2.75, 3.05) is 6.54 Å². The van der Waals surface area contributed by atoms with Crippen LogP contribution in [0.2, 0.25) is 0 Å². The molecule has 2 aromatic rings. The van der Waals surface area contributed by atoms with Crippen LogP contribution in [0.15, 0.2) is 48.5 Å². The molecule has 0 aliphatic carbocycles. The molecule has 0 fully saturated rings. The van der Waals surface area contributed by atoms with Gasteiger partial charge in [0.25, 0.3) is 5.91 Å². The molecule has 2 aromatic carbocycles. The van der Waals surface area contributed by atoms with Gasteiger partial charge >= 0.3 is 0 Å². The average Bonchev–Trinajstić information content (AvgIpc) is 2.48. The highest BCUT2D eigenvalue weighted by Gasteiger charge is 2.12. The standard InChI is InChI=1S/C15H13F2NO2/c16-12-7-6-11(8-13(12)17)14(19)9-18-15(20)10-4-2-1-3-5-10/h1-8,14,19H,9H2,(H,18,20)/t14-/m0/s1. The first kappa shape index (κ1) is 14.1. The Bertz CT molecular complexity index is 602. The summed E-state index contributed by atoms with van der Waals surface area (Å²) in [5.74, 6) is -2.35. The topological polar surface area (TPSA) is 49.3 Å². The van der Waals surface area contributed by atoms with Gasteiger partial charge in [-0.05, 0) is 29.8 Å². The summed E-state index contributed by atoms with van der Waals surface area (Å²) in [6, 6.07) is 11.6. The van der Waals surface area contributed by atoms with E-state index in [2.05, 4.69) is 5.32 Å². The van der Waals surface area contributed by atoms with Crippen molar-refractivity contribution in [2.45, 2.75) is 6.10 Å². The molecule has 3 nitrogen and oxygen atoms in total. The van der Waals surface area contributed by atoms with E-state index in [-0.39, 0.29) is 18.0 Å². The molecule has 0 aromatic heterocycles. The van der Waals surface area contributed by atoms with Crippen LogP contribution in [0.3, 0.4) is 0 Å². The van der Waals surface area contributed by atoms with Crippen LogP contribution < -0.4 is 5.32 Å². The third kappa shape index (κ3) is 3.39. The number of nitrogens with one attached hydrogen (secondary N) is 1. The highest BCUT2D eigenvalue weighted by molar-refractivity contribution is 5.94. The first-order valence-electron chi connectivity index (χ1n) is 6.04. The Kier molecular flexibility index (Phi) is 4.42. The van der Waals surface area contributed by atoms with Crippen molar-refractivity contribution >= 4 is 5.91 Å². The normalized spacial score (nSPS) is 11.9. The molecule has 0 aliphatic heterocycles. The Morgan fingerprint density at radius 2 is 1.80 bits per heavy atom. The molecule has 0 saturated heterocycles. The number of amides is 1. The van der Waals surface area contributed by atoms with Crippen LogP contribution in [0.1, 0.15) is 22.0 Å². The number of hydrogen-bond acceptors (Lipinski definition) is 2. The van der Waals surface area contributed by atoms with Crippen molar-refractivity contribution in [3.63, 3.8) is 0 Å². The van der Waals surface area contributed by atoms with Gasteiger partial charge in [-0.2, -0.15) is 0 Å². The number of carbonyl (C=O) groups is 1. The van der Waals surface area contributed by atoms with E-state index in [9.17, 15) is 18.7 Å². The summed E-state index contributed by atoms with van der Waals surface area (Å²) < 4.78 is 25.8. The van der Waals surface area contributed by atoms with Crippen LogP contribution in [0, 0.1) is 11.6 Å². The molecule has 5 heteroatoms. The lowest BCUT2D eigenvalue weighted by Gasteiger charge is -2.12. The number of carbonyl (C=O) groups excluding carboxylic acids is 1. The molecule has 0 aliphatic rings. The number of halogens is 2. The summed E-state index contributed by atoms with van der Waals surface area (Å²) in [4.78, 5) is 11.7. The van der Waals surface area contributed by atoms with E-state index in [1.54, 1.807) is 30.3 Å². The number of rotatable bonds is 4. The number of aliphatic hydroxyl groups is 1. The molecule has 20 heavy (non-hydrogen) atoms. The largest absolute Gasteiger partial charge is 0.387 e. The summed E-state index contributed by atoms with van der Waals surface area (Å²) in [5.41, 5.74) is 0.669. The summed E-state index contributed by atoms with van der Waals surface area (Å²) >= 11 is 0. The maximum Gasteiger partial charge on any atom is 0.251 e. The van der Waals surface area contributed by atoms with Gasteiger partial charge in [0.1, 0.15) is 0 Å². The quantitative estimate of drug-likeness (QED) is 0.901. The van der Waals surface area contributed by atoms with Gasteiger partial charge in [-0.25, -0.2) is 8.78 Å². The lowest BCUT2D eigenvalue weighted by atomic mass is 10.1. The van der Waals surface area contributed by atoms with E-state index in [0.29, 0.717) is 5.56 Å². The Hall–Kier alpha value is -2.27. The van der Waals surface area contributed by atoms with Gasteiger partial charge in [-0.1, -0.05) is 24.3 Å². The zero-order chi connectivity index (χ0) is 14.5. The Morgan fingerprint density at radius 3 is 2.45 bits per heavy atom. The molecule has 2 rings (SSSR count). The van der Waals surface area contributed by atoms with Crippen LogP contribution in [0.25, 0.3) is 0 Å². The third-order valence-corrected chi connectivity index (χ3v) is 2.82. The van der Waals surface area contributed by atoms with Gasteiger partial charge in [0.15, 0.2) is 11.6 Å². The molecule has 0 saturated carbocycles. The lowest BCUT2D eigenvalue weighted by molar-refractivity contribution is 0.0916. The molecule has 1 amide bonds. The van der Waals surface area contributed by atoms with Crippen molar-refractivity contribution in [3.05, 3.63) is 71.3 Å². The minimum atomic E-state index is -1.10. The van der Waals surface area contributed by atoms with Gasteiger partial charge < -0.3 is 10.4 Å². The predicted octanol–water partition coefficient (Wildman–Crippen LogP) is 2.43. The summed E-state index contributed by atoms with van der Waals surface area (Å²) in [5, 5.41) is 12.4. The molecular weight excluding hydrogens is 264 g/mol. The minimum Gasteiger partial charge on any atom is -0.387 e. The van der Waals surface area contributed by atoms with Crippen molar-refractivity contribution in [2.24, 2.45) is 0 Å².